The van der Waals surface area contributed by atoms with Crippen LogP contribution in [0.15, 0.2) is 24.5 Å². The topological polar surface area (TPSA) is 90.2 Å². The number of nitrogens with zero attached hydrogens (tertiary/aromatic N) is 3. The second-order valence-electron chi connectivity index (χ2n) is 5.19. The first-order chi connectivity index (χ1) is 10.1. The molecular weight excluding hydrogens is 272 g/mol. The van der Waals surface area contributed by atoms with E-state index in [-0.39, 0.29) is 17.8 Å². The summed E-state index contributed by atoms with van der Waals surface area (Å²) in [5.41, 5.74) is 1.58. The first-order valence-corrected chi connectivity index (χ1v) is 6.91. The Morgan fingerprint density at radius 1 is 1.48 bits per heavy atom. The van der Waals surface area contributed by atoms with Gasteiger partial charge in [-0.2, -0.15) is 0 Å². The second-order valence-corrected chi connectivity index (χ2v) is 5.19. The third-order valence-electron chi connectivity index (χ3n) is 3.64. The van der Waals surface area contributed by atoms with Gasteiger partial charge in [-0.3, -0.25) is 15.1 Å². The van der Waals surface area contributed by atoms with Crippen molar-refractivity contribution < 1.29 is 9.66 Å². The highest BCUT2D eigenvalue weighted by atomic mass is 16.6. The molecule has 1 fully saturated rings. The van der Waals surface area contributed by atoms with Crippen molar-refractivity contribution in [3.05, 3.63) is 34.6 Å². The highest BCUT2D eigenvalue weighted by Crippen LogP contribution is 2.32. The second kappa shape index (κ2) is 5.61. The smallest absolute Gasteiger partial charge is 0.312 e. The zero-order valence-corrected chi connectivity index (χ0v) is 11.7. The van der Waals surface area contributed by atoms with Crippen molar-refractivity contribution in [3.8, 4) is 0 Å². The van der Waals surface area contributed by atoms with E-state index < -0.39 is 4.92 Å². The summed E-state index contributed by atoms with van der Waals surface area (Å²) < 4.78 is 5.51. The Bertz CT molecular complexity index is 676. The van der Waals surface area contributed by atoms with Gasteiger partial charge in [-0.1, -0.05) is 0 Å². The normalized spacial score (nSPS) is 22.1. The van der Waals surface area contributed by atoms with Crippen LogP contribution >= 0.6 is 0 Å². The molecule has 0 bridgehead atoms. The van der Waals surface area contributed by atoms with Crippen molar-refractivity contribution in [3.63, 3.8) is 0 Å². The van der Waals surface area contributed by atoms with Crippen LogP contribution in [0.3, 0.4) is 0 Å². The van der Waals surface area contributed by atoms with E-state index in [1.807, 2.05) is 6.92 Å². The molecule has 0 unspecified atom stereocenters. The number of nitro groups is 1. The van der Waals surface area contributed by atoms with Crippen LogP contribution in [0.25, 0.3) is 11.0 Å². The number of aromatic nitrogens is 2. The summed E-state index contributed by atoms with van der Waals surface area (Å²) in [4.78, 5) is 19.2. The minimum Gasteiger partial charge on any atom is -0.378 e. The molecule has 2 aromatic heterocycles. The molecule has 3 rings (SSSR count). The SMILES string of the molecule is C[C@H]1C[C@@H](Nc2c([N+](=O)[O-])cnc3cccnc23)CCO1. The number of pyridine rings is 2. The van der Waals surface area contributed by atoms with Gasteiger partial charge in [0.2, 0.25) is 0 Å². The molecule has 1 aliphatic rings. The highest BCUT2D eigenvalue weighted by molar-refractivity contribution is 5.92. The van der Waals surface area contributed by atoms with E-state index in [0.717, 1.165) is 12.8 Å². The van der Waals surface area contributed by atoms with Crippen LogP contribution in [0.5, 0.6) is 0 Å². The lowest BCUT2D eigenvalue weighted by molar-refractivity contribution is -0.384. The first kappa shape index (κ1) is 13.7. The molecule has 0 saturated carbocycles. The minimum absolute atomic E-state index is 0.0413. The quantitative estimate of drug-likeness (QED) is 0.689. The Balaban J connectivity index is 2.01. The number of nitrogens with one attached hydrogen (secondary N) is 1. The summed E-state index contributed by atoms with van der Waals surface area (Å²) in [6.07, 6.45) is 4.68. The van der Waals surface area contributed by atoms with E-state index in [4.69, 9.17) is 4.74 Å². The lowest BCUT2D eigenvalue weighted by Gasteiger charge is -2.28. The molecule has 3 heterocycles. The van der Waals surface area contributed by atoms with Gasteiger partial charge in [0.05, 0.1) is 16.5 Å². The number of fused-ring (bicyclic) bond motifs is 1. The molecule has 7 heteroatoms. The summed E-state index contributed by atoms with van der Waals surface area (Å²) in [7, 11) is 0. The summed E-state index contributed by atoms with van der Waals surface area (Å²) >= 11 is 0. The maximum absolute atomic E-state index is 11.2. The Labute approximate surface area is 121 Å². The van der Waals surface area contributed by atoms with Gasteiger partial charge in [-0.15, -0.1) is 0 Å². The van der Waals surface area contributed by atoms with Crippen LogP contribution < -0.4 is 5.32 Å². The average molecular weight is 288 g/mol. The molecule has 1 saturated heterocycles. The van der Waals surface area contributed by atoms with Crippen LogP contribution in [-0.2, 0) is 4.74 Å². The maximum Gasteiger partial charge on any atom is 0.312 e. The van der Waals surface area contributed by atoms with Gasteiger partial charge < -0.3 is 10.1 Å². The van der Waals surface area contributed by atoms with E-state index in [1.165, 1.54) is 6.20 Å². The number of rotatable bonds is 3. The van der Waals surface area contributed by atoms with E-state index >= 15 is 0 Å². The summed E-state index contributed by atoms with van der Waals surface area (Å²) in [6, 6.07) is 3.70. The molecular formula is C14H16N4O3. The molecule has 21 heavy (non-hydrogen) atoms. The van der Waals surface area contributed by atoms with Gasteiger partial charge in [0, 0.05) is 18.8 Å². The van der Waals surface area contributed by atoms with Crippen LogP contribution in [-0.4, -0.2) is 33.6 Å². The molecule has 2 atom stereocenters. The Morgan fingerprint density at radius 2 is 2.33 bits per heavy atom. The van der Waals surface area contributed by atoms with Gasteiger partial charge in [0.25, 0.3) is 0 Å². The molecule has 0 aromatic carbocycles. The average Bonchev–Trinajstić information content (AvgIpc) is 2.47. The van der Waals surface area contributed by atoms with E-state index in [2.05, 4.69) is 15.3 Å². The van der Waals surface area contributed by atoms with Crippen LogP contribution in [0.1, 0.15) is 19.8 Å². The first-order valence-electron chi connectivity index (χ1n) is 6.91. The van der Waals surface area contributed by atoms with Gasteiger partial charge in [0.1, 0.15) is 17.4 Å². The lowest BCUT2D eigenvalue weighted by atomic mass is 10.0. The van der Waals surface area contributed by atoms with E-state index in [1.54, 1.807) is 18.3 Å². The van der Waals surface area contributed by atoms with E-state index in [9.17, 15) is 10.1 Å². The predicted octanol–water partition coefficient (Wildman–Crippen LogP) is 2.52. The standard InChI is InChI=1S/C14H16N4O3/c1-9-7-10(4-6-21-9)17-14-12(18(19)20)8-16-11-3-2-5-15-13(11)14/h2-3,5,8-10H,4,6-7H2,1H3,(H,16,17)/t9-,10-/m0/s1. The van der Waals surface area contributed by atoms with Crippen LogP contribution in [0.4, 0.5) is 11.4 Å². The molecule has 7 nitrogen and oxygen atoms in total. The highest BCUT2D eigenvalue weighted by Gasteiger charge is 2.25. The van der Waals surface area contributed by atoms with Gasteiger partial charge in [-0.25, -0.2) is 4.98 Å². The summed E-state index contributed by atoms with van der Waals surface area (Å²) in [5, 5.41) is 14.5. The third kappa shape index (κ3) is 2.78. The van der Waals surface area contributed by atoms with Gasteiger partial charge >= 0.3 is 5.69 Å². The van der Waals surface area contributed by atoms with Crippen LogP contribution in [0, 0.1) is 10.1 Å². The molecule has 0 radical (unpaired) electrons. The fourth-order valence-corrected chi connectivity index (χ4v) is 2.62. The molecule has 2 aromatic rings. The lowest BCUT2D eigenvalue weighted by Crippen LogP contribution is -2.32. The number of anilines is 1. The Morgan fingerprint density at radius 3 is 3.10 bits per heavy atom. The van der Waals surface area contributed by atoms with Crippen molar-refractivity contribution in [2.45, 2.75) is 31.9 Å². The zero-order valence-electron chi connectivity index (χ0n) is 11.7. The molecule has 1 N–H and O–H groups in total. The predicted molar refractivity (Wildman–Crippen MR) is 78.3 cm³/mol. The van der Waals surface area contributed by atoms with Gasteiger partial charge in [0.15, 0.2) is 0 Å². The largest absolute Gasteiger partial charge is 0.378 e. The van der Waals surface area contributed by atoms with Crippen molar-refractivity contribution in [1.29, 1.82) is 0 Å². The van der Waals surface area contributed by atoms with Crippen molar-refractivity contribution in [1.82, 2.24) is 9.97 Å². The fourth-order valence-electron chi connectivity index (χ4n) is 2.62. The maximum atomic E-state index is 11.2. The molecule has 1 aliphatic heterocycles. The van der Waals surface area contributed by atoms with E-state index in [0.29, 0.717) is 23.3 Å². The molecule has 0 spiro atoms. The van der Waals surface area contributed by atoms with Crippen molar-refractivity contribution in [2.75, 3.05) is 11.9 Å². The Hall–Kier alpha value is -2.28. The van der Waals surface area contributed by atoms with Crippen LogP contribution in [0.2, 0.25) is 0 Å². The summed E-state index contributed by atoms with van der Waals surface area (Å²) in [5.74, 6) is 0. The number of hydrogen-bond donors (Lipinski definition) is 1. The molecule has 0 amide bonds. The molecule has 110 valence electrons. The molecule has 0 aliphatic carbocycles. The summed E-state index contributed by atoms with van der Waals surface area (Å²) in [6.45, 7) is 2.66. The Kier molecular flexibility index (Phi) is 3.66. The van der Waals surface area contributed by atoms with Gasteiger partial charge in [-0.05, 0) is 31.9 Å². The number of hydrogen-bond acceptors (Lipinski definition) is 6. The zero-order chi connectivity index (χ0) is 14.8. The third-order valence-corrected chi connectivity index (χ3v) is 3.64. The minimum atomic E-state index is -0.424. The fraction of sp³-hybridized carbons (Fsp3) is 0.429. The monoisotopic (exact) mass is 288 g/mol. The van der Waals surface area contributed by atoms with Crippen molar-refractivity contribution in [2.24, 2.45) is 0 Å². The van der Waals surface area contributed by atoms with Crippen molar-refractivity contribution >= 4 is 22.4 Å². The number of ether oxygens (including phenoxy) is 1.